The number of rotatable bonds is 19. The van der Waals surface area contributed by atoms with Gasteiger partial charge in [0.2, 0.25) is 0 Å². The molecule has 2 saturated heterocycles. The number of hydrogen-bond donors (Lipinski definition) is 3. The van der Waals surface area contributed by atoms with Crippen molar-refractivity contribution in [3.8, 4) is 6.07 Å². The number of piperidine rings is 1. The maximum absolute atomic E-state index is 15.5. The van der Waals surface area contributed by atoms with Crippen molar-refractivity contribution >= 4 is 62.8 Å². The second kappa shape index (κ2) is 22.9. The van der Waals surface area contributed by atoms with E-state index < -0.39 is 79.6 Å². The van der Waals surface area contributed by atoms with Crippen molar-refractivity contribution < 1.29 is 64.7 Å². The first kappa shape index (κ1) is 58.3. The van der Waals surface area contributed by atoms with Crippen LogP contribution in [-0.2, 0) is 73.8 Å². The number of amides is 5. The Morgan fingerprint density at radius 1 is 1.00 bits per heavy atom. The van der Waals surface area contributed by atoms with Crippen LogP contribution in [0.2, 0.25) is 0 Å². The lowest BCUT2D eigenvalue weighted by atomic mass is 9.75. The van der Waals surface area contributed by atoms with Gasteiger partial charge in [-0.15, -0.1) is 10.2 Å². The number of nitroso groups, excluding NO2 is 1. The Labute approximate surface area is 470 Å². The SMILES string of the molecule is C[C@H]1CCC[N+](Cc2ccc(NS(=O)(=O)c3ccc(C(=O)NCCN4C(=O)C=CC4=O)cc3[NH+]=O)cc2)(Cc2cc3c(c(C(F)(F)F)c2)CN(c2cc(C4(Cc5nncn5C)COC4)cc(N(CCC#N)C(=O)OC(C)(C)C)n2)C3=O)C1. The Morgan fingerprint density at radius 3 is 2.34 bits per heavy atom. The Morgan fingerprint density at radius 2 is 1.72 bits per heavy atom. The first-order valence-electron chi connectivity index (χ1n) is 26.5. The summed E-state index contributed by atoms with van der Waals surface area (Å²) in [6.07, 6.45) is -0.0874. The molecule has 2 aromatic heterocycles. The van der Waals surface area contributed by atoms with Gasteiger partial charge in [0.15, 0.2) is 4.90 Å². The van der Waals surface area contributed by atoms with E-state index in [-0.39, 0.29) is 91.3 Å². The van der Waals surface area contributed by atoms with E-state index in [0.29, 0.717) is 41.9 Å². The van der Waals surface area contributed by atoms with E-state index in [1.54, 1.807) is 68.2 Å². The standard InChI is InChI=1S/C56H59F3N12O10S/c1-35-8-6-21-71(29-35,30-36-9-12-40(13-10-36)66-82(78,79)45-14-11-38(24-44(45)65-77)51(74)61-18-20-69-49(72)15-16-50(69)73)31-37-22-41-42(43(23-37)56(57,58)59)28-70(52(41)75)47-26-39(55(32-80-33-55)27-48-64-62-34-67(48)5)25-46(63-47)68(19-7-17-60)53(76)81-54(2,3)4/h9-16,22-26,34-35,66H,6-8,18-21,27-33H2,1-5H3/p+2/t35-,71?/m0/s1. The molecule has 430 valence electrons. The number of alkyl halides is 3. The number of pyridine rings is 1. The molecule has 4 aliphatic rings. The van der Waals surface area contributed by atoms with Gasteiger partial charge >= 0.3 is 12.3 Å². The minimum absolute atomic E-state index is 0.0161. The Kier molecular flexibility index (Phi) is 16.2. The number of carbonyl (C=O) groups is 5. The van der Waals surface area contributed by atoms with Crippen molar-refractivity contribution in [3.05, 3.63) is 135 Å². The molecule has 1 unspecified atom stereocenters. The fraction of sp³-hybridized carbons (Fsp3) is 0.411. The molecular formula is C56H61F3N12O10S+2. The van der Waals surface area contributed by atoms with Crippen LogP contribution in [0.1, 0.15) is 101 Å². The normalized spacial score (nSPS) is 18.7. The van der Waals surface area contributed by atoms with Gasteiger partial charge in [0.1, 0.15) is 42.5 Å². The summed E-state index contributed by atoms with van der Waals surface area (Å²) in [6, 6.07) is 17.7. The first-order chi connectivity index (χ1) is 38.8. The molecule has 2 fully saturated rings. The number of aromatic nitrogens is 4. The fourth-order valence-electron chi connectivity index (χ4n) is 11.0. The summed E-state index contributed by atoms with van der Waals surface area (Å²) in [7, 11) is -2.65. The zero-order valence-electron chi connectivity index (χ0n) is 45.7. The molecule has 26 heteroatoms. The maximum Gasteiger partial charge on any atom is 0.416 e. The minimum atomic E-state index is -4.88. The molecule has 5 aromatic rings. The molecule has 0 aliphatic carbocycles. The predicted molar refractivity (Wildman–Crippen MR) is 289 cm³/mol. The first-order valence-corrected chi connectivity index (χ1v) is 27.9. The van der Waals surface area contributed by atoms with E-state index in [4.69, 9.17) is 14.5 Å². The van der Waals surface area contributed by atoms with Crippen molar-refractivity contribution in [2.45, 2.75) is 95.1 Å². The third-order valence-corrected chi connectivity index (χ3v) is 16.4. The van der Waals surface area contributed by atoms with Crippen molar-refractivity contribution in [2.24, 2.45) is 13.0 Å². The van der Waals surface area contributed by atoms with Crippen molar-refractivity contribution in [1.82, 2.24) is 30.0 Å². The lowest BCUT2D eigenvalue weighted by Crippen LogP contribution is -2.57. The summed E-state index contributed by atoms with van der Waals surface area (Å²) in [5, 5.41) is 22.0. The van der Waals surface area contributed by atoms with Crippen LogP contribution in [0.15, 0.2) is 90.1 Å². The maximum atomic E-state index is 15.5. The summed E-state index contributed by atoms with van der Waals surface area (Å²) in [4.78, 5) is 84.9. The fourth-order valence-corrected chi connectivity index (χ4v) is 12.2. The number of carbonyl (C=O) groups excluding carboxylic acids is 5. The van der Waals surface area contributed by atoms with Gasteiger partial charge < -0.3 is 23.8 Å². The summed E-state index contributed by atoms with van der Waals surface area (Å²) < 4.78 is 89.8. The van der Waals surface area contributed by atoms with Gasteiger partial charge in [-0.05, 0) is 93.3 Å². The highest BCUT2D eigenvalue weighted by Gasteiger charge is 2.46. The number of fused-ring (bicyclic) bond motifs is 1. The molecule has 3 N–H and O–H groups in total. The largest absolute Gasteiger partial charge is 0.443 e. The lowest BCUT2D eigenvalue weighted by Gasteiger charge is -2.44. The number of nitrogens with zero attached hydrogens (tertiary/aromatic N) is 9. The van der Waals surface area contributed by atoms with E-state index in [0.717, 1.165) is 53.7 Å². The summed E-state index contributed by atoms with van der Waals surface area (Å²) in [5.41, 5.74) is -1.86. The molecule has 0 spiro atoms. The second-order valence-corrected chi connectivity index (χ2v) is 24.0. The van der Waals surface area contributed by atoms with Gasteiger partial charge in [0, 0.05) is 101 Å². The summed E-state index contributed by atoms with van der Waals surface area (Å²) in [6.45, 7) is 8.29. The van der Waals surface area contributed by atoms with E-state index >= 15 is 13.2 Å². The zero-order valence-corrected chi connectivity index (χ0v) is 46.5. The molecule has 22 nitrogen and oxygen atoms in total. The van der Waals surface area contributed by atoms with Gasteiger partial charge in [-0.3, -0.25) is 38.6 Å². The van der Waals surface area contributed by atoms with Crippen LogP contribution in [0.3, 0.4) is 0 Å². The van der Waals surface area contributed by atoms with Gasteiger partial charge in [0.05, 0.1) is 50.9 Å². The van der Waals surface area contributed by atoms with Crippen LogP contribution in [0.4, 0.5) is 41.0 Å². The molecular weight excluding hydrogens is 1090 g/mol. The van der Waals surface area contributed by atoms with Crippen LogP contribution in [0.5, 0.6) is 0 Å². The minimum Gasteiger partial charge on any atom is -0.443 e. The lowest BCUT2D eigenvalue weighted by molar-refractivity contribution is -0.960. The zero-order chi connectivity index (χ0) is 58.9. The molecule has 0 saturated carbocycles. The number of likely N-dealkylation sites (tertiary alicyclic amines) is 1. The van der Waals surface area contributed by atoms with Crippen LogP contribution in [0.25, 0.3) is 0 Å². The van der Waals surface area contributed by atoms with Gasteiger partial charge in [-0.2, -0.15) is 18.4 Å². The smallest absolute Gasteiger partial charge is 0.416 e. The number of halogens is 3. The number of benzene rings is 3. The van der Waals surface area contributed by atoms with Crippen LogP contribution < -0.4 is 25.0 Å². The third-order valence-electron chi connectivity index (χ3n) is 14.9. The number of nitriles is 1. The second-order valence-electron chi connectivity index (χ2n) is 22.3. The molecule has 5 amide bonds. The van der Waals surface area contributed by atoms with Crippen LogP contribution >= 0.6 is 0 Å². The highest BCUT2D eigenvalue weighted by Crippen LogP contribution is 2.43. The average Bonchev–Trinajstić information content (AvgIpc) is 4.28. The van der Waals surface area contributed by atoms with E-state index in [1.165, 1.54) is 34.1 Å². The van der Waals surface area contributed by atoms with Crippen molar-refractivity contribution in [3.63, 3.8) is 0 Å². The molecule has 0 bridgehead atoms. The summed E-state index contributed by atoms with van der Waals surface area (Å²) >= 11 is 0. The molecule has 2 atom stereocenters. The Hall–Kier alpha value is -8.41. The summed E-state index contributed by atoms with van der Waals surface area (Å²) in [5.74, 6) is -1.70. The predicted octanol–water partition coefficient (Wildman–Crippen LogP) is 5.44. The number of anilines is 3. The van der Waals surface area contributed by atoms with Crippen molar-refractivity contribution in [2.75, 3.05) is 60.5 Å². The number of imide groups is 1. The van der Waals surface area contributed by atoms with Crippen LogP contribution in [-0.4, -0.2) is 119 Å². The Bertz CT molecular complexity index is 3540. The quantitative estimate of drug-likeness (QED) is 0.0687. The molecule has 3 aromatic carbocycles. The van der Waals surface area contributed by atoms with E-state index in [9.17, 15) is 42.6 Å². The van der Waals surface area contributed by atoms with Crippen LogP contribution in [0, 0.1) is 22.2 Å². The highest BCUT2D eigenvalue weighted by molar-refractivity contribution is 7.92. The van der Waals surface area contributed by atoms with Gasteiger partial charge in [0.25, 0.3) is 39.3 Å². The van der Waals surface area contributed by atoms with E-state index in [1.807, 2.05) is 6.07 Å². The number of ether oxygens (including phenoxy) is 2. The van der Waals surface area contributed by atoms with E-state index in [2.05, 4.69) is 27.2 Å². The Balaban J connectivity index is 0.975. The third kappa shape index (κ3) is 12.6. The number of hydrogen-bond acceptors (Lipinski definition) is 14. The number of aryl methyl sites for hydroxylation is 1. The monoisotopic (exact) mass is 1150 g/mol. The van der Waals surface area contributed by atoms with Gasteiger partial charge in [-0.1, -0.05) is 19.1 Å². The molecule has 0 radical (unpaired) electrons. The molecule has 6 heterocycles. The number of quaternary nitrogens is 1. The van der Waals surface area contributed by atoms with Crippen molar-refractivity contribution in [1.29, 1.82) is 5.26 Å². The topological polar surface area (TPSA) is 270 Å². The molecule has 82 heavy (non-hydrogen) atoms. The van der Waals surface area contributed by atoms with Gasteiger partial charge in [-0.25, -0.2) is 18.2 Å². The highest BCUT2D eigenvalue weighted by atomic mass is 32.2. The number of sulfonamides is 1. The molecule has 9 rings (SSSR count). The molecule has 4 aliphatic heterocycles. The average molecular weight is 1150 g/mol. The number of nitrogens with one attached hydrogen (secondary N) is 3.